The summed E-state index contributed by atoms with van der Waals surface area (Å²) in [6.45, 7) is 9.68. The molecular formula is C20H31N5O. The van der Waals surface area contributed by atoms with Crippen LogP contribution in [0.2, 0.25) is 0 Å². The lowest BCUT2D eigenvalue weighted by Gasteiger charge is -2.29. The molecule has 6 nitrogen and oxygen atoms in total. The summed E-state index contributed by atoms with van der Waals surface area (Å²) in [5.74, 6) is 1.42. The van der Waals surface area contributed by atoms with Gasteiger partial charge in [0.05, 0.1) is 6.54 Å². The van der Waals surface area contributed by atoms with E-state index in [0.29, 0.717) is 12.4 Å². The molecule has 142 valence electrons. The Morgan fingerprint density at radius 2 is 1.92 bits per heavy atom. The molecule has 0 aliphatic rings. The summed E-state index contributed by atoms with van der Waals surface area (Å²) >= 11 is 0. The molecule has 1 heterocycles. The predicted octanol–water partition coefficient (Wildman–Crippen LogP) is 2.98. The van der Waals surface area contributed by atoms with Gasteiger partial charge in [-0.25, -0.2) is 9.98 Å². The number of rotatable bonds is 8. The zero-order valence-electron chi connectivity index (χ0n) is 16.5. The molecule has 0 radical (unpaired) electrons. The van der Waals surface area contributed by atoms with Crippen molar-refractivity contribution in [1.29, 1.82) is 0 Å². The SMILES string of the molecule is CCNC(=NCc1coc(-c2ccccc2)n1)NCC(C)(C)CN(C)C. The van der Waals surface area contributed by atoms with Crippen molar-refractivity contribution in [1.82, 2.24) is 20.5 Å². The second-order valence-electron chi connectivity index (χ2n) is 7.46. The van der Waals surface area contributed by atoms with Gasteiger partial charge in [0, 0.05) is 25.2 Å². The normalized spacial score (nSPS) is 12.5. The summed E-state index contributed by atoms with van der Waals surface area (Å²) in [4.78, 5) is 11.4. The van der Waals surface area contributed by atoms with Crippen molar-refractivity contribution in [3.05, 3.63) is 42.3 Å². The van der Waals surface area contributed by atoms with Crippen LogP contribution in [0.5, 0.6) is 0 Å². The van der Waals surface area contributed by atoms with Crippen molar-refractivity contribution >= 4 is 5.96 Å². The summed E-state index contributed by atoms with van der Waals surface area (Å²) in [5, 5.41) is 6.71. The number of aliphatic imine (C=N–C) groups is 1. The van der Waals surface area contributed by atoms with Crippen molar-refractivity contribution < 1.29 is 4.42 Å². The molecule has 0 bridgehead atoms. The quantitative estimate of drug-likeness (QED) is 0.562. The molecule has 6 heteroatoms. The van der Waals surface area contributed by atoms with Gasteiger partial charge in [0.2, 0.25) is 5.89 Å². The fourth-order valence-electron chi connectivity index (χ4n) is 2.83. The standard InChI is InChI=1S/C20H31N5O/c1-6-21-19(23-14-20(2,3)15-25(4)5)22-12-17-13-26-18(24-17)16-10-8-7-9-11-16/h7-11,13H,6,12,14-15H2,1-5H3,(H2,21,22,23). The molecule has 2 N–H and O–H groups in total. The first kappa shape index (κ1) is 20.0. The molecule has 2 rings (SSSR count). The van der Waals surface area contributed by atoms with Gasteiger partial charge in [-0.2, -0.15) is 0 Å². The number of oxazole rings is 1. The van der Waals surface area contributed by atoms with E-state index in [9.17, 15) is 0 Å². The monoisotopic (exact) mass is 357 g/mol. The first-order valence-corrected chi connectivity index (χ1v) is 9.06. The van der Waals surface area contributed by atoms with E-state index in [1.165, 1.54) is 0 Å². The minimum absolute atomic E-state index is 0.147. The van der Waals surface area contributed by atoms with Gasteiger partial charge in [0.1, 0.15) is 12.0 Å². The number of nitrogens with zero attached hydrogens (tertiary/aromatic N) is 3. The topological polar surface area (TPSA) is 65.7 Å². The Morgan fingerprint density at radius 1 is 1.19 bits per heavy atom. The van der Waals surface area contributed by atoms with Gasteiger partial charge in [-0.3, -0.25) is 0 Å². The lowest BCUT2D eigenvalue weighted by Crippen LogP contribution is -2.44. The fraction of sp³-hybridized carbons (Fsp3) is 0.500. The highest BCUT2D eigenvalue weighted by Crippen LogP contribution is 2.18. The Labute approximate surface area is 156 Å². The highest BCUT2D eigenvalue weighted by atomic mass is 16.3. The molecule has 1 aromatic heterocycles. The van der Waals surface area contributed by atoms with E-state index in [0.717, 1.165) is 36.9 Å². The van der Waals surface area contributed by atoms with Crippen LogP contribution in [-0.4, -0.2) is 49.6 Å². The zero-order valence-corrected chi connectivity index (χ0v) is 16.5. The third-order valence-corrected chi connectivity index (χ3v) is 3.79. The molecule has 1 aromatic carbocycles. The molecule has 0 aliphatic heterocycles. The first-order chi connectivity index (χ1) is 12.4. The van der Waals surface area contributed by atoms with Crippen LogP contribution < -0.4 is 10.6 Å². The average Bonchev–Trinajstić information content (AvgIpc) is 3.06. The van der Waals surface area contributed by atoms with Crippen LogP contribution in [0.25, 0.3) is 11.5 Å². The maximum absolute atomic E-state index is 5.57. The molecule has 0 fully saturated rings. The number of aromatic nitrogens is 1. The van der Waals surface area contributed by atoms with Gasteiger partial charge in [-0.1, -0.05) is 32.0 Å². The maximum atomic E-state index is 5.57. The number of guanidine groups is 1. The Bertz CT molecular complexity index is 691. The first-order valence-electron chi connectivity index (χ1n) is 9.06. The van der Waals surface area contributed by atoms with Crippen LogP contribution in [0.1, 0.15) is 26.5 Å². The number of hydrogen-bond acceptors (Lipinski definition) is 4. The van der Waals surface area contributed by atoms with Crippen LogP contribution in [0, 0.1) is 5.41 Å². The molecule has 2 aromatic rings. The van der Waals surface area contributed by atoms with E-state index in [2.05, 4.69) is 60.4 Å². The number of nitrogens with one attached hydrogen (secondary N) is 2. The second kappa shape index (κ2) is 9.38. The van der Waals surface area contributed by atoms with Crippen molar-refractivity contribution in [2.45, 2.75) is 27.3 Å². The molecule has 0 saturated heterocycles. The van der Waals surface area contributed by atoms with Gasteiger partial charge >= 0.3 is 0 Å². The van der Waals surface area contributed by atoms with Crippen molar-refractivity contribution in [2.75, 3.05) is 33.7 Å². The van der Waals surface area contributed by atoms with E-state index in [1.807, 2.05) is 30.3 Å². The molecule has 0 spiro atoms. The molecular weight excluding hydrogens is 326 g/mol. The number of hydrogen-bond donors (Lipinski definition) is 2. The lowest BCUT2D eigenvalue weighted by molar-refractivity contribution is 0.241. The van der Waals surface area contributed by atoms with Gasteiger partial charge in [0.15, 0.2) is 5.96 Å². The predicted molar refractivity (Wildman–Crippen MR) is 107 cm³/mol. The summed E-state index contributed by atoms with van der Waals surface area (Å²) in [6.07, 6.45) is 1.67. The van der Waals surface area contributed by atoms with Gasteiger partial charge in [-0.05, 0) is 38.6 Å². The van der Waals surface area contributed by atoms with Crippen LogP contribution in [-0.2, 0) is 6.54 Å². The van der Waals surface area contributed by atoms with E-state index in [-0.39, 0.29) is 5.41 Å². The van der Waals surface area contributed by atoms with Gasteiger partial charge < -0.3 is 20.0 Å². The van der Waals surface area contributed by atoms with E-state index < -0.39 is 0 Å². The summed E-state index contributed by atoms with van der Waals surface area (Å²) in [6, 6.07) is 9.89. The lowest BCUT2D eigenvalue weighted by atomic mass is 9.93. The van der Waals surface area contributed by atoms with Crippen molar-refractivity contribution in [3.63, 3.8) is 0 Å². The Balaban J connectivity index is 1.97. The Hall–Kier alpha value is -2.34. The highest BCUT2D eigenvalue weighted by Gasteiger charge is 2.19. The Morgan fingerprint density at radius 3 is 2.58 bits per heavy atom. The van der Waals surface area contributed by atoms with E-state index in [1.54, 1.807) is 6.26 Å². The molecule has 0 atom stereocenters. The smallest absolute Gasteiger partial charge is 0.226 e. The minimum atomic E-state index is 0.147. The van der Waals surface area contributed by atoms with Crippen molar-refractivity contribution in [3.8, 4) is 11.5 Å². The summed E-state index contributed by atoms with van der Waals surface area (Å²) < 4.78 is 5.57. The maximum Gasteiger partial charge on any atom is 0.226 e. The second-order valence-corrected chi connectivity index (χ2v) is 7.46. The van der Waals surface area contributed by atoms with Gasteiger partial charge in [0.25, 0.3) is 0 Å². The third-order valence-electron chi connectivity index (χ3n) is 3.79. The molecule has 0 amide bonds. The molecule has 0 aliphatic carbocycles. The van der Waals surface area contributed by atoms with Crippen LogP contribution in [0.3, 0.4) is 0 Å². The van der Waals surface area contributed by atoms with E-state index in [4.69, 9.17) is 4.42 Å². The Kier molecular flexibility index (Phi) is 7.21. The van der Waals surface area contributed by atoms with Crippen LogP contribution in [0.4, 0.5) is 0 Å². The third kappa shape index (κ3) is 6.52. The van der Waals surface area contributed by atoms with E-state index >= 15 is 0 Å². The molecule has 26 heavy (non-hydrogen) atoms. The fourth-order valence-corrected chi connectivity index (χ4v) is 2.83. The minimum Gasteiger partial charge on any atom is -0.444 e. The van der Waals surface area contributed by atoms with Crippen LogP contribution in [0.15, 0.2) is 46.0 Å². The number of benzene rings is 1. The molecule has 0 saturated carbocycles. The highest BCUT2D eigenvalue weighted by molar-refractivity contribution is 5.79. The summed E-state index contributed by atoms with van der Waals surface area (Å²) in [7, 11) is 4.19. The zero-order chi connectivity index (χ0) is 19.0. The molecule has 0 unspecified atom stereocenters. The van der Waals surface area contributed by atoms with Crippen LogP contribution >= 0.6 is 0 Å². The summed E-state index contributed by atoms with van der Waals surface area (Å²) in [5.41, 5.74) is 1.93. The average molecular weight is 358 g/mol. The largest absolute Gasteiger partial charge is 0.444 e. The van der Waals surface area contributed by atoms with Gasteiger partial charge in [-0.15, -0.1) is 0 Å². The van der Waals surface area contributed by atoms with Crippen molar-refractivity contribution in [2.24, 2.45) is 10.4 Å².